The summed E-state index contributed by atoms with van der Waals surface area (Å²) in [7, 11) is 1.57. The first-order valence-electron chi connectivity index (χ1n) is 10.3. The zero-order valence-electron chi connectivity index (χ0n) is 19.8. The van der Waals surface area contributed by atoms with Crippen molar-refractivity contribution in [2.24, 2.45) is 0 Å². The van der Waals surface area contributed by atoms with Crippen LogP contribution in [0.5, 0.6) is 0 Å². The molecule has 1 rings (SSSR count). The maximum Gasteiger partial charge on any atom is 0.408 e. The monoisotopic (exact) mass is 419 g/mol. The summed E-state index contributed by atoms with van der Waals surface area (Å²) in [4.78, 5) is 39.5. The summed E-state index contributed by atoms with van der Waals surface area (Å²) >= 11 is 0. The number of nitrogens with one attached hydrogen (secondary N) is 2. The fourth-order valence-corrected chi connectivity index (χ4v) is 2.90. The van der Waals surface area contributed by atoms with E-state index in [0.29, 0.717) is 5.56 Å². The van der Waals surface area contributed by atoms with Gasteiger partial charge >= 0.3 is 6.09 Å². The minimum absolute atomic E-state index is 0.285. The quantitative estimate of drug-likeness (QED) is 0.738. The summed E-state index contributed by atoms with van der Waals surface area (Å²) < 4.78 is 5.22. The Balaban J connectivity index is 3.10. The van der Waals surface area contributed by atoms with Crippen molar-refractivity contribution in [1.82, 2.24) is 15.5 Å². The third-order valence-electron chi connectivity index (χ3n) is 4.29. The molecule has 2 N–H and O–H groups in total. The van der Waals surface area contributed by atoms with Crippen molar-refractivity contribution in [3.05, 3.63) is 35.4 Å². The van der Waals surface area contributed by atoms with Gasteiger partial charge in [-0.3, -0.25) is 9.59 Å². The van der Waals surface area contributed by atoms with Gasteiger partial charge in [-0.2, -0.15) is 0 Å². The van der Waals surface area contributed by atoms with Crippen LogP contribution in [-0.2, 0) is 20.7 Å². The Kier molecular flexibility index (Phi) is 8.45. The molecule has 1 aromatic carbocycles. The predicted octanol–water partition coefficient (Wildman–Crippen LogP) is 3.58. The zero-order valence-corrected chi connectivity index (χ0v) is 19.8. The fourth-order valence-electron chi connectivity index (χ4n) is 2.90. The van der Waals surface area contributed by atoms with Crippen LogP contribution in [-0.4, -0.2) is 47.0 Å². The number of amides is 3. The lowest BCUT2D eigenvalue weighted by molar-refractivity contribution is -0.141. The van der Waals surface area contributed by atoms with E-state index in [-0.39, 0.29) is 5.91 Å². The van der Waals surface area contributed by atoms with E-state index in [1.165, 1.54) is 4.90 Å². The number of hydrogen-bond acceptors (Lipinski definition) is 4. The van der Waals surface area contributed by atoms with Crippen LogP contribution in [0.3, 0.4) is 0 Å². The van der Waals surface area contributed by atoms with E-state index in [9.17, 15) is 14.4 Å². The summed E-state index contributed by atoms with van der Waals surface area (Å²) in [6.45, 7) is 14.5. The van der Waals surface area contributed by atoms with Gasteiger partial charge in [-0.15, -0.1) is 0 Å². The SMILES string of the molecule is CCc1ccc(C(C(=O)NC(C)(C)C)N(C)C(=O)C(C)NC(=O)OC(C)(C)C)cc1. The van der Waals surface area contributed by atoms with E-state index in [4.69, 9.17) is 4.74 Å². The molecular formula is C23H37N3O4. The van der Waals surface area contributed by atoms with Crippen LogP contribution in [0.25, 0.3) is 0 Å². The van der Waals surface area contributed by atoms with Gasteiger partial charge in [0, 0.05) is 12.6 Å². The topological polar surface area (TPSA) is 87.7 Å². The molecule has 0 aliphatic heterocycles. The molecule has 0 aliphatic rings. The second-order valence-corrected chi connectivity index (χ2v) is 9.55. The van der Waals surface area contributed by atoms with Crippen molar-refractivity contribution in [2.45, 2.75) is 85.0 Å². The van der Waals surface area contributed by atoms with Gasteiger partial charge in [0.2, 0.25) is 11.8 Å². The number of ether oxygens (including phenoxy) is 1. The minimum Gasteiger partial charge on any atom is -0.444 e. The molecule has 0 heterocycles. The van der Waals surface area contributed by atoms with Gasteiger partial charge in [-0.25, -0.2) is 4.79 Å². The van der Waals surface area contributed by atoms with Crippen molar-refractivity contribution in [1.29, 1.82) is 0 Å². The average Bonchev–Trinajstić information content (AvgIpc) is 2.58. The molecule has 0 bridgehead atoms. The van der Waals surface area contributed by atoms with Crippen LogP contribution in [0, 0.1) is 0 Å². The van der Waals surface area contributed by atoms with Crippen molar-refractivity contribution in [2.75, 3.05) is 7.05 Å². The number of rotatable bonds is 6. The van der Waals surface area contributed by atoms with E-state index in [2.05, 4.69) is 17.6 Å². The molecule has 168 valence electrons. The summed E-state index contributed by atoms with van der Waals surface area (Å²) in [6, 6.07) is 5.94. The third-order valence-corrected chi connectivity index (χ3v) is 4.29. The second kappa shape index (κ2) is 9.96. The lowest BCUT2D eigenvalue weighted by atomic mass is 9.99. The molecule has 0 radical (unpaired) electrons. The molecule has 7 heteroatoms. The largest absolute Gasteiger partial charge is 0.444 e. The van der Waals surface area contributed by atoms with E-state index < -0.39 is 35.2 Å². The lowest BCUT2D eigenvalue weighted by Gasteiger charge is -2.33. The van der Waals surface area contributed by atoms with Crippen molar-refractivity contribution in [3.63, 3.8) is 0 Å². The Labute approximate surface area is 180 Å². The molecule has 2 atom stereocenters. The van der Waals surface area contributed by atoms with Crippen LogP contribution < -0.4 is 10.6 Å². The van der Waals surface area contributed by atoms with Gasteiger partial charge in [0.25, 0.3) is 0 Å². The number of carbonyl (C=O) groups excluding carboxylic acids is 3. The van der Waals surface area contributed by atoms with Gasteiger partial charge in [-0.05, 0) is 66.0 Å². The molecule has 3 amide bonds. The number of alkyl carbamates (subject to hydrolysis) is 1. The Morgan fingerprint density at radius 2 is 1.57 bits per heavy atom. The Morgan fingerprint density at radius 1 is 1.03 bits per heavy atom. The fraction of sp³-hybridized carbons (Fsp3) is 0.609. The van der Waals surface area contributed by atoms with Crippen LogP contribution in [0.1, 0.15) is 72.6 Å². The zero-order chi connectivity index (χ0) is 23.3. The minimum atomic E-state index is -0.857. The number of carbonyl (C=O) groups is 3. The molecule has 30 heavy (non-hydrogen) atoms. The van der Waals surface area contributed by atoms with Crippen molar-refractivity contribution >= 4 is 17.9 Å². The van der Waals surface area contributed by atoms with Crippen molar-refractivity contribution in [3.8, 4) is 0 Å². The molecule has 0 saturated heterocycles. The average molecular weight is 420 g/mol. The highest BCUT2D eigenvalue weighted by Crippen LogP contribution is 2.23. The molecule has 0 fully saturated rings. The van der Waals surface area contributed by atoms with Gasteiger partial charge in [0.15, 0.2) is 0 Å². The first-order chi connectivity index (χ1) is 13.6. The van der Waals surface area contributed by atoms with Gasteiger partial charge in [0.05, 0.1) is 0 Å². The highest BCUT2D eigenvalue weighted by molar-refractivity contribution is 5.92. The molecule has 1 aromatic rings. The Bertz CT molecular complexity index is 745. The van der Waals surface area contributed by atoms with Crippen LogP contribution >= 0.6 is 0 Å². The molecule has 0 spiro atoms. The van der Waals surface area contributed by atoms with Gasteiger partial charge in [0.1, 0.15) is 17.7 Å². The third kappa shape index (κ3) is 8.05. The van der Waals surface area contributed by atoms with Crippen molar-refractivity contribution < 1.29 is 19.1 Å². The highest BCUT2D eigenvalue weighted by atomic mass is 16.6. The Hall–Kier alpha value is -2.57. The number of hydrogen-bond donors (Lipinski definition) is 2. The molecule has 0 aromatic heterocycles. The maximum atomic E-state index is 13.1. The van der Waals surface area contributed by atoms with E-state index in [0.717, 1.165) is 12.0 Å². The van der Waals surface area contributed by atoms with Crippen LogP contribution in [0.15, 0.2) is 24.3 Å². The van der Waals surface area contributed by atoms with E-state index in [1.54, 1.807) is 34.7 Å². The number of benzene rings is 1. The van der Waals surface area contributed by atoms with Crippen LogP contribution in [0.2, 0.25) is 0 Å². The highest BCUT2D eigenvalue weighted by Gasteiger charge is 2.33. The number of nitrogens with zero attached hydrogens (tertiary/aromatic N) is 1. The molecule has 2 unspecified atom stereocenters. The summed E-state index contributed by atoms with van der Waals surface area (Å²) in [5, 5.41) is 5.49. The molecule has 0 saturated carbocycles. The van der Waals surface area contributed by atoms with E-state index in [1.807, 2.05) is 45.0 Å². The lowest BCUT2D eigenvalue weighted by Crippen LogP contribution is -2.52. The Morgan fingerprint density at radius 3 is 2.00 bits per heavy atom. The summed E-state index contributed by atoms with van der Waals surface area (Å²) in [6.07, 6.45) is 0.199. The maximum absolute atomic E-state index is 13.1. The predicted molar refractivity (Wildman–Crippen MR) is 118 cm³/mol. The molecule has 0 aliphatic carbocycles. The first kappa shape index (κ1) is 25.5. The van der Waals surface area contributed by atoms with Gasteiger partial charge in [-0.1, -0.05) is 31.2 Å². The summed E-state index contributed by atoms with van der Waals surface area (Å²) in [5.74, 6) is -0.679. The molecular weight excluding hydrogens is 382 g/mol. The summed E-state index contributed by atoms with van der Waals surface area (Å²) in [5.41, 5.74) is 0.717. The van der Waals surface area contributed by atoms with Gasteiger partial charge < -0.3 is 20.3 Å². The first-order valence-corrected chi connectivity index (χ1v) is 10.3. The standard InChI is InChI=1S/C23H37N3O4/c1-10-16-11-13-17(14-12-16)18(19(27)25-22(3,4)5)26(9)20(28)15(2)24-21(29)30-23(6,7)8/h11-15,18H,10H2,1-9H3,(H,24,29)(H,25,27). The number of likely N-dealkylation sites (N-methyl/N-ethyl adjacent to an activating group) is 1. The molecule has 7 nitrogen and oxygen atoms in total. The smallest absolute Gasteiger partial charge is 0.408 e. The second-order valence-electron chi connectivity index (χ2n) is 9.55. The normalized spacial score (nSPS) is 13.8. The van der Waals surface area contributed by atoms with E-state index >= 15 is 0 Å². The number of aryl methyl sites for hydroxylation is 1. The van der Waals surface area contributed by atoms with Crippen LogP contribution in [0.4, 0.5) is 4.79 Å².